The zero-order chi connectivity index (χ0) is 16.9. The average molecular weight is 328 g/mol. The third-order valence-electron chi connectivity index (χ3n) is 4.00. The van der Waals surface area contributed by atoms with Crippen LogP contribution in [0.25, 0.3) is 0 Å². The molecule has 2 N–H and O–H groups in total. The van der Waals surface area contributed by atoms with E-state index < -0.39 is 12.1 Å². The fourth-order valence-corrected chi connectivity index (χ4v) is 2.73. The summed E-state index contributed by atoms with van der Waals surface area (Å²) in [6.45, 7) is 0.347. The Kier molecular flexibility index (Phi) is 4.90. The number of carbonyl (C=O) groups is 2. The Labute approximate surface area is 140 Å². The van der Waals surface area contributed by atoms with Crippen LogP contribution >= 0.6 is 0 Å². The van der Waals surface area contributed by atoms with Crippen molar-refractivity contribution in [1.29, 1.82) is 0 Å². The predicted molar refractivity (Wildman–Crippen MR) is 87.0 cm³/mol. The quantitative estimate of drug-likeness (QED) is 0.829. The lowest BCUT2D eigenvalue weighted by atomic mass is 9.99. The van der Waals surface area contributed by atoms with Gasteiger partial charge in [-0.05, 0) is 5.56 Å². The van der Waals surface area contributed by atoms with Gasteiger partial charge in [0.2, 0.25) is 5.91 Å². The second-order valence-electron chi connectivity index (χ2n) is 5.68. The fourth-order valence-electron chi connectivity index (χ4n) is 2.73. The van der Waals surface area contributed by atoms with Crippen molar-refractivity contribution < 1.29 is 14.3 Å². The van der Waals surface area contributed by atoms with Gasteiger partial charge in [0, 0.05) is 32.4 Å². The molecule has 0 spiro atoms. The van der Waals surface area contributed by atoms with Gasteiger partial charge in [-0.15, -0.1) is 0 Å². The molecule has 1 aromatic carbocycles. The van der Waals surface area contributed by atoms with E-state index in [9.17, 15) is 9.59 Å². The van der Waals surface area contributed by atoms with Gasteiger partial charge in [-0.2, -0.15) is 0 Å². The van der Waals surface area contributed by atoms with Crippen molar-refractivity contribution in [3.63, 3.8) is 0 Å². The maximum absolute atomic E-state index is 12.5. The molecule has 7 nitrogen and oxygen atoms in total. The van der Waals surface area contributed by atoms with E-state index in [1.807, 2.05) is 48.1 Å². The second-order valence-corrected chi connectivity index (χ2v) is 5.68. The third kappa shape index (κ3) is 3.62. The number of imidazole rings is 1. The number of aryl methyl sites for hydroxylation is 1. The Morgan fingerprint density at radius 1 is 1.42 bits per heavy atom. The topological polar surface area (TPSA) is 85.2 Å². The number of amides is 2. The highest BCUT2D eigenvalue weighted by atomic mass is 16.5. The van der Waals surface area contributed by atoms with Gasteiger partial charge >= 0.3 is 0 Å². The number of ether oxygens (including phenoxy) is 1. The van der Waals surface area contributed by atoms with Crippen molar-refractivity contribution in [1.82, 2.24) is 20.2 Å². The molecule has 1 aliphatic heterocycles. The first-order valence-electron chi connectivity index (χ1n) is 7.85. The predicted octanol–water partition coefficient (Wildman–Crippen LogP) is 0.335. The molecule has 126 valence electrons. The Morgan fingerprint density at radius 3 is 2.92 bits per heavy atom. The maximum atomic E-state index is 12.5. The van der Waals surface area contributed by atoms with E-state index in [0.717, 1.165) is 11.4 Å². The summed E-state index contributed by atoms with van der Waals surface area (Å²) in [7, 11) is 1.91. The van der Waals surface area contributed by atoms with Crippen LogP contribution in [-0.4, -0.2) is 40.6 Å². The molecule has 0 bridgehead atoms. The Morgan fingerprint density at radius 2 is 2.21 bits per heavy atom. The van der Waals surface area contributed by atoms with E-state index in [-0.39, 0.29) is 18.4 Å². The van der Waals surface area contributed by atoms with Crippen LogP contribution in [0, 0.1) is 0 Å². The first kappa shape index (κ1) is 16.2. The molecule has 2 amide bonds. The van der Waals surface area contributed by atoms with E-state index in [2.05, 4.69) is 15.6 Å². The van der Waals surface area contributed by atoms with Gasteiger partial charge in [-0.25, -0.2) is 4.98 Å². The highest BCUT2D eigenvalue weighted by molar-refractivity contribution is 5.86. The molecule has 3 rings (SSSR count). The molecule has 0 aliphatic carbocycles. The van der Waals surface area contributed by atoms with Crippen molar-refractivity contribution in [2.24, 2.45) is 7.05 Å². The van der Waals surface area contributed by atoms with Crippen LogP contribution < -0.4 is 10.6 Å². The Balaban J connectivity index is 1.63. The summed E-state index contributed by atoms with van der Waals surface area (Å²) in [6, 6.07) is 8.87. The van der Waals surface area contributed by atoms with Gasteiger partial charge < -0.3 is 19.9 Å². The molecule has 0 unspecified atom stereocenters. The Hall–Kier alpha value is -2.67. The zero-order valence-corrected chi connectivity index (χ0v) is 13.4. The number of carbonyl (C=O) groups excluding carboxylic acids is 2. The summed E-state index contributed by atoms with van der Waals surface area (Å²) in [6.07, 6.45) is 3.47. The summed E-state index contributed by atoms with van der Waals surface area (Å²) in [4.78, 5) is 28.4. The van der Waals surface area contributed by atoms with E-state index in [1.54, 1.807) is 6.20 Å². The van der Waals surface area contributed by atoms with Gasteiger partial charge in [-0.3, -0.25) is 9.59 Å². The van der Waals surface area contributed by atoms with Crippen LogP contribution in [0.3, 0.4) is 0 Å². The minimum absolute atomic E-state index is 0.110. The third-order valence-corrected chi connectivity index (χ3v) is 4.00. The van der Waals surface area contributed by atoms with E-state index in [1.165, 1.54) is 0 Å². The van der Waals surface area contributed by atoms with Crippen LogP contribution in [0.5, 0.6) is 0 Å². The first-order chi connectivity index (χ1) is 11.6. The molecule has 2 atom stereocenters. The molecular weight excluding hydrogens is 308 g/mol. The summed E-state index contributed by atoms with van der Waals surface area (Å²) >= 11 is 0. The minimum Gasteiger partial charge on any atom is -0.356 e. The number of aromatic nitrogens is 2. The number of morpholine rings is 1. The molecule has 1 saturated heterocycles. The standard InChI is InChI=1S/C17H20N4O3/c1-21-10-9-18-13(21)7-8-19-17(23)16-15(20-14(22)11-24-16)12-5-3-2-4-6-12/h2-6,9-10,15-16H,7-8,11H2,1H3,(H,19,23)(H,20,22)/t15-,16+/m1/s1. The normalized spacial score (nSPS) is 20.5. The summed E-state index contributed by atoms with van der Waals surface area (Å²) in [5.74, 6) is 0.437. The molecular formula is C17H20N4O3. The highest BCUT2D eigenvalue weighted by Crippen LogP contribution is 2.22. The molecule has 0 saturated carbocycles. The molecule has 7 heteroatoms. The van der Waals surface area contributed by atoms with Crippen molar-refractivity contribution in [3.05, 3.63) is 54.1 Å². The molecule has 2 heterocycles. The first-order valence-corrected chi connectivity index (χ1v) is 7.85. The number of nitrogens with one attached hydrogen (secondary N) is 2. The second kappa shape index (κ2) is 7.27. The maximum Gasteiger partial charge on any atom is 0.251 e. The van der Waals surface area contributed by atoms with Gasteiger partial charge in [-0.1, -0.05) is 30.3 Å². The molecule has 1 aliphatic rings. The van der Waals surface area contributed by atoms with Crippen LogP contribution in [0.15, 0.2) is 42.7 Å². The summed E-state index contributed by atoms with van der Waals surface area (Å²) < 4.78 is 7.40. The monoisotopic (exact) mass is 328 g/mol. The van der Waals surface area contributed by atoms with Crippen molar-refractivity contribution in [2.75, 3.05) is 13.2 Å². The van der Waals surface area contributed by atoms with Crippen LogP contribution in [-0.2, 0) is 27.8 Å². The van der Waals surface area contributed by atoms with Crippen molar-refractivity contribution in [2.45, 2.75) is 18.6 Å². The lowest BCUT2D eigenvalue weighted by Crippen LogP contribution is -2.52. The lowest BCUT2D eigenvalue weighted by Gasteiger charge is -2.31. The number of rotatable bonds is 5. The van der Waals surface area contributed by atoms with Gasteiger partial charge in [0.25, 0.3) is 5.91 Å². The molecule has 24 heavy (non-hydrogen) atoms. The van der Waals surface area contributed by atoms with Crippen LogP contribution in [0.1, 0.15) is 17.4 Å². The lowest BCUT2D eigenvalue weighted by molar-refractivity contribution is -0.148. The molecule has 1 aromatic heterocycles. The number of hydrogen-bond donors (Lipinski definition) is 2. The van der Waals surface area contributed by atoms with Gasteiger partial charge in [0.1, 0.15) is 12.4 Å². The van der Waals surface area contributed by atoms with Gasteiger partial charge in [0.05, 0.1) is 6.04 Å². The SMILES string of the molecule is Cn1ccnc1CCNC(=O)[C@H]1OCC(=O)N[C@@H]1c1ccccc1. The summed E-state index contributed by atoms with van der Waals surface area (Å²) in [5, 5.41) is 5.70. The highest BCUT2D eigenvalue weighted by Gasteiger charge is 2.35. The van der Waals surface area contributed by atoms with Crippen LogP contribution in [0.2, 0.25) is 0 Å². The number of benzene rings is 1. The van der Waals surface area contributed by atoms with E-state index in [4.69, 9.17) is 4.74 Å². The molecule has 1 fully saturated rings. The number of hydrogen-bond acceptors (Lipinski definition) is 4. The van der Waals surface area contributed by atoms with Gasteiger partial charge in [0.15, 0.2) is 6.10 Å². The minimum atomic E-state index is -0.744. The number of nitrogens with zero attached hydrogens (tertiary/aromatic N) is 2. The molecule has 0 radical (unpaired) electrons. The zero-order valence-electron chi connectivity index (χ0n) is 13.4. The smallest absolute Gasteiger partial charge is 0.251 e. The van der Waals surface area contributed by atoms with Crippen molar-refractivity contribution >= 4 is 11.8 Å². The average Bonchev–Trinajstić information content (AvgIpc) is 3.00. The van der Waals surface area contributed by atoms with E-state index in [0.29, 0.717) is 13.0 Å². The molecule has 2 aromatic rings. The summed E-state index contributed by atoms with van der Waals surface area (Å²) in [5.41, 5.74) is 0.842. The fraction of sp³-hybridized carbons (Fsp3) is 0.353. The Bertz CT molecular complexity index is 714. The van der Waals surface area contributed by atoms with Crippen molar-refractivity contribution in [3.8, 4) is 0 Å². The largest absolute Gasteiger partial charge is 0.356 e. The van der Waals surface area contributed by atoms with Crippen LogP contribution in [0.4, 0.5) is 0 Å². The van der Waals surface area contributed by atoms with E-state index >= 15 is 0 Å².